The van der Waals surface area contributed by atoms with Crippen LogP contribution < -0.4 is 5.32 Å². The molecule has 1 aromatic heterocycles. The van der Waals surface area contributed by atoms with Crippen LogP contribution in [-0.2, 0) is 18.8 Å². The number of nitrogens with zero attached hydrogens (tertiary/aromatic N) is 2. The molecule has 0 aliphatic heterocycles. The summed E-state index contributed by atoms with van der Waals surface area (Å²) in [5, 5.41) is 7.46. The second kappa shape index (κ2) is 6.61. The monoisotopic (exact) mass is 261 g/mol. The van der Waals surface area contributed by atoms with Crippen LogP contribution in [-0.4, -0.2) is 16.8 Å². The van der Waals surface area contributed by atoms with Crippen LogP contribution in [0.15, 0.2) is 41.6 Å². The highest BCUT2D eigenvalue weighted by Gasteiger charge is 2.00. The highest BCUT2D eigenvalue weighted by Crippen LogP contribution is 2.23. The summed E-state index contributed by atoms with van der Waals surface area (Å²) in [6, 6.07) is 8.67. The van der Waals surface area contributed by atoms with Crippen LogP contribution in [0.4, 0.5) is 0 Å². The predicted molar refractivity (Wildman–Crippen MR) is 76.7 cm³/mol. The van der Waals surface area contributed by atoms with Crippen LogP contribution in [0.3, 0.4) is 0 Å². The molecular weight excluding hydrogens is 242 g/mol. The zero-order valence-corrected chi connectivity index (χ0v) is 11.7. The van der Waals surface area contributed by atoms with Crippen molar-refractivity contribution in [1.82, 2.24) is 15.1 Å². The summed E-state index contributed by atoms with van der Waals surface area (Å²) in [6.07, 6.45) is 4.07. The fourth-order valence-corrected chi connectivity index (χ4v) is 2.66. The van der Waals surface area contributed by atoms with E-state index >= 15 is 0 Å². The minimum absolute atomic E-state index is 0.919. The lowest BCUT2D eigenvalue weighted by atomic mass is 10.2. The van der Waals surface area contributed by atoms with E-state index in [1.165, 1.54) is 16.0 Å². The largest absolute Gasteiger partial charge is 0.316 e. The maximum Gasteiger partial charge on any atom is 0.0530 e. The molecule has 0 atom stereocenters. The number of benzene rings is 1. The highest BCUT2D eigenvalue weighted by molar-refractivity contribution is 7.98. The molecule has 1 N–H and O–H groups in total. The SMILES string of the molecule is CCn1cc(CSc2cccc(CNC)c2)cn1. The van der Waals surface area contributed by atoms with Gasteiger partial charge in [0.15, 0.2) is 0 Å². The Balaban J connectivity index is 1.94. The normalized spacial score (nSPS) is 10.8. The molecular formula is C14H19N3S. The van der Waals surface area contributed by atoms with Gasteiger partial charge in [-0.2, -0.15) is 5.10 Å². The quantitative estimate of drug-likeness (QED) is 0.811. The van der Waals surface area contributed by atoms with Gasteiger partial charge < -0.3 is 5.32 Å². The molecule has 2 aromatic rings. The molecule has 0 spiro atoms. The van der Waals surface area contributed by atoms with Gasteiger partial charge in [-0.1, -0.05) is 12.1 Å². The Morgan fingerprint density at radius 2 is 2.22 bits per heavy atom. The average molecular weight is 261 g/mol. The summed E-state index contributed by atoms with van der Waals surface area (Å²) in [7, 11) is 1.97. The first-order valence-corrected chi connectivity index (χ1v) is 7.18. The molecule has 1 heterocycles. The number of nitrogens with one attached hydrogen (secondary N) is 1. The number of thioether (sulfide) groups is 1. The molecule has 0 aliphatic rings. The van der Waals surface area contributed by atoms with Crippen LogP contribution in [0.5, 0.6) is 0 Å². The molecule has 18 heavy (non-hydrogen) atoms. The van der Waals surface area contributed by atoms with Crippen molar-refractivity contribution in [3.05, 3.63) is 47.8 Å². The van der Waals surface area contributed by atoms with Crippen molar-refractivity contribution in [1.29, 1.82) is 0 Å². The summed E-state index contributed by atoms with van der Waals surface area (Å²) >= 11 is 1.86. The molecule has 3 nitrogen and oxygen atoms in total. The van der Waals surface area contributed by atoms with E-state index in [2.05, 4.69) is 47.8 Å². The predicted octanol–water partition coefficient (Wildman–Crippen LogP) is 2.91. The van der Waals surface area contributed by atoms with Crippen molar-refractivity contribution in [2.24, 2.45) is 0 Å². The van der Waals surface area contributed by atoms with E-state index in [9.17, 15) is 0 Å². The summed E-state index contributed by atoms with van der Waals surface area (Å²) in [6.45, 7) is 3.95. The first-order valence-electron chi connectivity index (χ1n) is 6.19. The lowest BCUT2D eigenvalue weighted by molar-refractivity contribution is 0.659. The van der Waals surface area contributed by atoms with Crippen molar-refractivity contribution in [3.8, 4) is 0 Å². The number of aryl methyl sites for hydroxylation is 1. The minimum atomic E-state index is 0.919. The second-order valence-corrected chi connectivity index (χ2v) is 5.22. The Bertz CT molecular complexity index is 493. The lowest BCUT2D eigenvalue weighted by Gasteiger charge is -2.04. The molecule has 0 saturated heterocycles. The van der Waals surface area contributed by atoms with Crippen LogP contribution in [0, 0.1) is 0 Å². The van der Waals surface area contributed by atoms with Crippen molar-refractivity contribution in [3.63, 3.8) is 0 Å². The summed E-state index contributed by atoms with van der Waals surface area (Å²) in [5.41, 5.74) is 2.60. The van der Waals surface area contributed by atoms with Crippen molar-refractivity contribution in [2.45, 2.75) is 30.7 Å². The Morgan fingerprint density at radius 1 is 1.33 bits per heavy atom. The molecule has 2 rings (SSSR count). The molecule has 0 amide bonds. The maximum absolute atomic E-state index is 4.29. The van der Waals surface area contributed by atoms with Crippen LogP contribution >= 0.6 is 11.8 Å². The average Bonchev–Trinajstić information content (AvgIpc) is 2.85. The molecule has 0 fully saturated rings. The Morgan fingerprint density at radius 3 is 2.94 bits per heavy atom. The van der Waals surface area contributed by atoms with Gasteiger partial charge in [0, 0.05) is 35.5 Å². The van der Waals surface area contributed by atoms with Gasteiger partial charge in [-0.05, 0) is 31.7 Å². The molecule has 0 aliphatic carbocycles. The van der Waals surface area contributed by atoms with Crippen LogP contribution in [0.2, 0.25) is 0 Å². The zero-order valence-electron chi connectivity index (χ0n) is 10.9. The van der Waals surface area contributed by atoms with Crippen molar-refractivity contribution in [2.75, 3.05) is 7.05 Å². The van der Waals surface area contributed by atoms with Gasteiger partial charge in [0.1, 0.15) is 0 Å². The third-order valence-electron chi connectivity index (χ3n) is 2.70. The number of hydrogen-bond acceptors (Lipinski definition) is 3. The first-order chi connectivity index (χ1) is 8.81. The van der Waals surface area contributed by atoms with Gasteiger partial charge in [-0.3, -0.25) is 4.68 Å². The Labute approximate surface area is 113 Å². The Hall–Kier alpha value is -1.26. The minimum Gasteiger partial charge on any atom is -0.316 e. The molecule has 96 valence electrons. The van der Waals surface area contributed by atoms with E-state index in [1.54, 1.807) is 0 Å². The Kier molecular flexibility index (Phi) is 4.84. The van der Waals surface area contributed by atoms with Crippen LogP contribution in [0.25, 0.3) is 0 Å². The van der Waals surface area contributed by atoms with E-state index in [-0.39, 0.29) is 0 Å². The fraction of sp³-hybridized carbons (Fsp3) is 0.357. The lowest BCUT2D eigenvalue weighted by Crippen LogP contribution is -2.04. The summed E-state index contributed by atoms with van der Waals surface area (Å²) in [4.78, 5) is 1.31. The third-order valence-corrected chi connectivity index (χ3v) is 3.76. The van der Waals surface area contributed by atoms with E-state index in [4.69, 9.17) is 0 Å². The standard InChI is InChI=1S/C14H19N3S/c1-3-17-10-13(9-16-17)11-18-14-6-4-5-12(7-14)8-15-2/h4-7,9-10,15H,3,8,11H2,1-2H3. The molecule has 0 bridgehead atoms. The zero-order chi connectivity index (χ0) is 12.8. The second-order valence-electron chi connectivity index (χ2n) is 4.17. The fourth-order valence-electron chi connectivity index (χ4n) is 1.77. The van der Waals surface area contributed by atoms with Gasteiger partial charge in [0.05, 0.1) is 6.20 Å². The molecule has 0 radical (unpaired) electrons. The van der Waals surface area contributed by atoms with Gasteiger partial charge in [-0.25, -0.2) is 0 Å². The number of hydrogen-bond donors (Lipinski definition) is 1. The molecule has 4 heteroatoms. The summed E-state index contributed by atoms with van der Waals surface area (Å²) < 4.78 is 1.97. The maximum atomic E-state index is 4.29. The topological polar surface area (TPSA) is 29.9 Å². The van der Waals surface area contributed by atoms with Gasteiger partial charge in [-0.15, -0.1) is 11.8 Å². The number of aromatic nitrogens is 2. The third kappa shape index (κ3) is 3.62. The number of rotatable bonds is 6. The molecule has 1 aromatic carbocycles. The van der Waals surface area contributed by atoms with Crippen molar-refractivity contribution >= 4 is 11.8 Å². The smallest absolute Gasteiger partial charge is 0.0530 e. The van der Waals surface area contributed by atoms with Gasteiger partial charge >= 0.3 is 0 Å². The highest BCUT2D eigenvalue weighted by atomic mass is 32.2. The van der Waals surface area contributed by atoms with Gasteiger partial charge in [0.2, 0.25) is 0 Å². The molecule has 0 unspecified atom stereocenters. The van der Waals surface area contributed by atoms with E-state index in [1.807, 2.05) is 29.7 Å². The molecule has 0 saturated carbocycles. The van der Waals surface area contributed by atoms with E-state index in [0.29, 0.717) is 0 Å². The van der Waals surface area contributed by atoms with E-state index in [0.717, 1.165) is 18.8 Å². The van der Waals surface area contributed by atoms with Crippen molar-refractivity contribution < 1.29 is 0 Å². The van der Waals surface area contributed by atoms with Gasteiger partial charge in [0.25, 0.3) is 0 Å². The first kappa shape index (κ1) is 13.2. The van der Waals surface area contributed by atoms with Crippen LogP contribution in [0.1, 0.15) is 18.1 Å². The summed E-state index contributed by atoms with van der Waals surface area (Å²) in [5.74, 6) is 0.975. The van der Waals surface area contributed by atoms with E-state index < -0.39 is 0 Å².